The number of nitrogens with zero attached hydrogens (tertiary/aromatic N) is 2. The fourth-order valence-electron chi connectivity index (χ4n) is 4.42. The van der Waals surface area contributed by atoms with Crippen LogP contribution in [0.5, 0.6) is 5.75 Å². The zero-order chi connectivity index (χ0) is 21.0. The van der Waals surface area contributed by atoms with Gasteiger partial charge in [0.25, 0.3) is 11.8 Å². The van der Waals surface area contributed by atoms with Crippen LogP contribution in [0.2, 0.25) is 0 Å². The third kappa shape index (κ3) is 2.88. The number of rotatable bonds is 4. The average molecular weight is 426 g/mol. The van der Waals surface area contributed by atoms with Gasteiger partial charge in [-0.3, -0.25) is 14.9 Å². The summed E-state index contributed by atoms with van der Waals surface area (Å²) in [4.78, 5) is 44.1. The lowest BCUT2D eigenvalue weighted by molar-refractivity contribution is -0.124. The summed E-state index contributed by atoms with van der Waals surface area (Å²) in [5, 5.41) is 5.20. The quantitative estimate of drug-likeness (QED) is 0.722. The van der Waals surface area contributed by atoms with Gasteiger partial charge in [-0.05, 0) is 42.8 Å². The number of hydrogen-bond acceptors (Lipinski definition) is 6. The molecule has 1 aromatic carbocycles. The van der Waals surface area contributed by atoms with Crippen molar-refractivity contribution in [2.45, 2.75) is 25.0 Å². The normalized spacial score (nSPS) is 23.3. The van der Waals surface area contributed by atoms with Gasteiger partial charge in [-0.25, -0.2) is 4.79 Å². The molecule has 0 spiro atoms. The molecule has 2 aromatic rings. The van der Waals surface area contributed by atoms with E-state index in [1.165, 1.54) is 10.4 Å². The highest BCUT2D eigenvalue weighted by Gasteiger charge is 2.51. The van der Waals surface area contributed by atoms with E-state index in [1.807, 2.05) is 18.2 Å². The van der Waals surface area contributed by atoms with Crippen LogP contribution in [-0.2, 0) is 29.8 Å². The fraction of sp³-hybridized carbons (Fsp3) is 0.381. The SMILES string of the molecule is COc1ccc2c(c1)C(=O)N(C[C@@]1(c3cc4c(s3)CCN(C)C4)NC(=O)NC1=O)C2. The summed E-state index contributed by atoms with van der Waals surface area (Å²) in [5.74, 6) is 0.0275. The lowest BCUT2D eigenvalue weighted by atomic mass is 9.95. The van der Waals surface area contributed by atoms with Crippen molar-refractivity contribution >= 4 is 29.2 Å². The number of carbonyl (C=O) groups excluding carboxylic acids is 3. The van der Waals surface area contributed by atoms with Crippen LogP contribution in [0.15, 0.2) is 24.3 Å². The molecule has 4 amide bonds. The van der Waals surface area contributed by atoms with Gasteiger partial charge in [0.15, 0.2) is 5.54 Å². The van der Waals surface area contributed by atoms with E-state index in [0.29, 0.717) is 17.9 Å². The van der Waals surface area contributed by atoms with Gasteiger partial charge in [0, 0.05) is 35.0 Å². The van der Waals surface area contributed by atoms with Gasteiger partial charge >= 0.3 is 6.03 Å². The Morgan fingerprint density at radius 1 is 1.17 bits per heavy atom. The second kappa shape index (κ2) is 6.82. The van der Waals surface area contributed by atoms with Gasteiger partial charge in [0.1, 0.15) is 5.75 Å². The first-order chi connectivity index (χ1) is 14.4. The first-order valence-electron chi connectivity index (χ1n) is 9.80. The first-order valence-corrected chi connectivity index (χ1v) is 10.6. The minimum atomic E-state index is -1.28. The summed E-state index contributed by atoms with van der Waals surface area (Å²) in [7, 11) is 3.62. The summed E-state index contributed by atoms with van der Waals surface area (Å²) in [6.07, 6.45) is 0.913. The third-order valence-electron chi connectivity index (χ3n) is 6.04. The Morgan fingerprint density at radius 2 is 2.00 bits per heavy atom. The molecule has 0 aliphatic carbocycles. The van der Waals surface area contributed by atoms with Crippen molar-refractivity contribution in [3.63, 3.8) is 0 Å². The third-order valence-corrected chi connectivity index (χ3v) is 7.44. The Kier molecular flexibility index (Phi) is 4.33. The number of benzene rings is 1. The molecule has 9 heteroatoms. The van der Waals surface area contributed by atoms with Crippen LogP contribution in [0.1, 0.15) is 31.2 Å². The van der Waals surface area contributed by atoms with E-state index >= 15 is 0 Å². The maximum atomic E-state index is 13.1. The van der Waals surface area contributed by atoms with Crippen LogP contribution in [-0.4, -0.2) is 54.9 Å². The van der Waals surface area contributed by atoms with Crippen molar-refractivity contribution in [1.82, 2.24) is 20.4 Å². The van der Waals surface area contributed by atoms with E-state index in [4.69, 9.17) is 4.74 Å². The number of carbonyl (C=O) groups is 3. The summed E-state index contributed by atoms with van der Waals surface area (Å²) in [5.41, 5.74) is 1.35. The van der Waals surface area contributed by atoms with E-state index in [2.05, 4.69) is 22.6 Å². The maximum Gasteiger partial charge on any atom is 0.322 e. The van der Waals surface area contributed by atoms with Crippen LogP contribution >= 0.6 is 11.3 Å². The minimum Gasteiger partial charge on any atom is -0.497 e. The van der Waals surface area contributed by atoms with Crippen molar-refractivity contribution in [3.8, 4) is 5.75 Å². The molecular weight excluding hydrogens is 404 g/mol. The van der Waals surface area contributed by atoms with E-state index in [0.717, 1.165) is 30.0 Å². The first kappa shape index (κ1) is 19.1. The maximum absolute atomic E-state index is 13.1. The molecule has 3 aliphatic heterocycles. The van der Waals surface area contributed by atoms with Crippen LogP contribution in [0, 0.1) is 0 Å². The Hall–Kier alpha value is -2.91. The molecule has 0 radical (unpaired) electrons. The molecule has 30 heavy (non-hydrogen) atoms. The van der Waals surface area contributed by atoms with E-state index in [9.17, 15) is 14.4 Å². The smallest absolute Gasteiger partial charge is 0.322 e. The van der Waals surface area contributed by atoms with Crippen LogP contribution in [0.25, 0.3) is 0 Å². The minimum absolute atomic E-state index is 0.0790. The number of imide groups is 1. The summed E-state index contributed by atoms with van der Waals surface area (Å²) in [6, 6.07) is 6.88. The molecule has 0 unspecified atom stereocenters. The molecular formula is C21H22N4O4S. The standard InChI is InChI=1S/C21H22N4O4S/c1-24-6-5-16-13(9-24)7-17(30-16)21(19(27)22-20(28)23-21)11-25-10-12-3-4-14(29-2)8-15(12)18(25)26/h3-4,7-8H,5-6,9-11H2,1-2H3,(H2,22,23,27,28)/t21-/m0/s1. The molecule has 2 N–H and O–H groups in total. The number of methoxy groups -OCH3 is 1. The largest absolute Gasteiger partial charge is 0.497 e. The molecule has 1 atom stereocenters. The van der Waals surface area contributed by atoms with Gasteiger partial charge in [-0.2, -0.15) is 0 Å². The lowest BCUT2D eigenvalue weighted by Gasteiger charge is -2.30. The molecule has 0 saturated carbocycles. The van der Waals surface area contributed by atoms with Crippen molar-refractivity contribution in [2.24, 2.45) is 0 Å². The Morgan fingerprint density at radius 3 is 2.73 bits per heavy atom. The van der Waals surface area contributed by atoms with E-state index in [-0.39, 0.29) is 12.5 Å². The topological polar surface area (TPSA) is 91.0 Å². The Balaban J connectivity index is 1.50. The number of nitrogens with one attached hydrogen (secondary N) is 2. The molecule has 1 fully saturated rings. The fourth-order valence-corrected chi connectivity index (χ4v) is 5.72. The monoisotopic (exact) mass is 426 g/mol. The number of hydrogen-bond donors (Lipinski definition) is 2. The van der Waals surface area contributed by atoms with Crippen molar-refractivity contribution in [1.29, 1.82) is 0 Å². The Bertz CT molecular complexity index is 1080. The zero-order valence-corrected chi connectivity index (χ0v) is 17.6. The number of likely N-dealkylation sites (N-methyl/N-ethyl adjacent to an activating group) is 1. The molecule has 1 saturated heterocycles. The highest BCUT2D eigenvalue weighted by atomic mass is 32.1. The number of fused-ring (bicyclic) bond motifs is 2. The van der Waals surface area contributed by atoms with Gasteiger partial charge in [-0.1, -0.05) is 6.07 Å². The highest BCUT2D eigenvalue weighted by molar-refractivity contribution is 7.12. The zero-order valence-electron chi connectivity index (χ0n) is 16.8. The van der Waals surface area contributed by atoms with Gasteiger partial charge in [0.2, 0.25) is 0 Å². The van der Waals surface area contributed by atoms with Gasteiger partial charge in [-0.15, -0.1) is 11.3 Å². The molecule has 4 heterocycles. The predicted octanol–water partition coefficient (Wildman–Crippen LogP) is 1.44. The van der Waals surface area contributed by atoms with Crippen molar-refractivity contribution in [3.05, 3.63) is 50.7 Å². The highest BCUT2D eigenvalue weighted by Crippen LogP contribution is 2.38. The predicted molar refractivity (Wildman–Crippen MR) is 110 cm³/mol. The van der Waals surface area contributed by atoms with Gasteiger partial charge in [0.05, 0.1) is 13.7 Å². The number of ether oxygens (including phenoxy) is 1. The summed E-state index contributed by atoms with van der Waals surface area (Å²) >= 11 is 1.55. The van der Waals surface area contributed by atoms with Gasteiger partial charge < -0.3 is 19.9 Å². The summed E-state index contributed by atoms with van der Waals surface area (Å²) < 4.78 is 5.24. The van der Waals surface area contributed by atoms with Crippen molar-refractivity contribution in [2.75, 3.05) is 27.2 Å². The molecule has 156 valence electrons. The number of thiophene rings is 1. The van der Waals surface area contributed by atoms with Crippen LogP contribution < -0.4 is 15.4 Å². The molecule has 3 aliphatic rings. The molecule has 1 aromatic heterocycles. The second-order valence-corrected chi connectivity index (χ2v) is 9.18. The van der Waals surface area contributed by atoms with Crippen molar-refractivity contribution < 1.29 is 19.1 Å². The number of amides is 4. The second-order valence-electron chi connectivity index (χ2n) is 8.04. The molecule has 0 bridgehead atoms. The van der Waals surface area contributed by atoms with E-state index < -0.39 is 17.5 Å². The summed E-state index contributed by atoms with van der Waals surface area (Å²) in [6.45, 7) is 2.23. The van der Waals surface area contributed by atoms with E-state index in [1.54, 1.807) is 29.4 Å². The number of urea groups is 1. The molecule has 8 nitrogen and oxygen atoms in total. The Labute approximate surface area is 177 Å². The van der Waals surface area contributed by atoms with Crippen LogP contribution in [0.4, 0.5) is 4.79 Å². The van der Waals surface area contributed by atoms with Crippen LogP contribution in [0.3, 0.4) is 0 Å². The average Bonchev–Trinajstić information content (AvgIpc) is 3.36. The molecule has 5 rings (SSSR count). The lowest BCUT2D eigenvalue weighted by Crippen LogP contribution is -2.52.